The van der Waals surface area contributed by atoms with Gasteiger partial charge in [-0.15, -0.1) is 10.2 Å². The largest absolute Gasteiger partial charge is 0.507 e. The van der Waals surface area contributed by atoms with Gasteiger partial charge in [-0.25, -0.2) is 0 Å². The topological polar surface area (TPSA) is 63.3 Å². The number of aromatic nitrogens is 4. The molecule has 1 N–H and O–H groups in total. The third-order valence-electron chi connectivity index (χ3n) is 9.03. The van der Waals surface area contributed by atoms with E-state index in [1.165, 1.54) is 5.56 Å². The van der Waals surface area contributed by atoms with E-state index in [4.69, 9.17) is 6.35 Å². The molecule has 3 aromatic heterocycles. The molecule has 7 aromatic rings. The molecule has 45 heavy (non-hydrogen) atoms. The minimum absolute atomic E-state index is 0.0937. The lowest BCUT2D eigenvalue weighted by molar-refractivity contribution is 0.477. The van der Waals surface area contributed by atoms with Crippen molar-refractivity contribution < 1.29 is 6.48 Å². The van der Waals surface area contributed by atoms with Crippen LogP contribution in [0.1, 0.15) is 50.1 Å². The first-order valence-electron chi connectivity index (χ1n) is 15.7. The summed E-state index contributed by atoms with van der Waals surface area (Å²) in [7, 11) is 0. The van der Waals surface area contributed by atoms with E-state index in [0.717, 1.165) is 50.5 Å². The molecule has 1 unspecified atom stereocenters. The van der Waals surface area contributed by atoms with Crippen molar-refractivity contribution in [2.45, 2.75) is 31.6 Å². The van der Waals surface area contributed by atoms with Crippen LogP contribution in [0, 0.1) is 0 Å². The predicted octanol–water partition coefficient (Wildman–Crippen LogP) is 8.82. The molecule has 5 heteroatoms. The summed E-state index contributed by atoms with van der Waals surface area (Å²) in [4.78, 5) is 5.34. The van der Waals surface area contributed by atoms with E-state index in [1.807, 2.05) is 71.3 Å². The highest BCUT2D eigenvalue weighted by Crippen LogP contribution is 2.56. The zero-order chi connectivity index (χ0) is 31.6. The van der Waals surface area contributed by atoms with Crippen molar-refractivity contribution >= 4 is 5.65 Å². The summed E-state index contributed by atoms with van der Waals surface area (Å²) >= 11 is 0. The lowest BCUT2D eigenvalue weighted by Crippen LogP contribution is -2.30. The number of fused-ring (bicyclic) bond motifs is 4. The van der Waals surface area contributed by atoms with Gasteiger partial charge in [0.2, 0.25) is 0 Å². The molecular weight excluding hydrogens is 552 g/mol. The van der Waals surface area contributed by atoms with Crippen molar-refractivity contribution in [3.8, 4) is 39.5 Å². The maximum absolute atomic E-state index is 10.8. The van der Waals surface area contributed by atoms with Crippen molar-refractivity contribution in [2.24, 2.45) is 0 Å². The van der Waals surface area contributed by atoms with Gasteiger partial charge < -0.3 is 5.11 Å². The number of aromatic hydroxyl groups is 1. The SMILES string of the molecule is [2H]c1ccc2c(c1)C(c1cccc(-c3nnc4ccccn34)c1)(c1cccc(-c3ccccc3O)n1)c1cc(C(C)(C)C)ccc1-2. The minimum Gasteiger partial charge on any atom is -0.507 e. The zero-order valence-corrected chi connectivity index (χ0v) is 25.4. The maximum atomic E-state index is 10.8. The Bertz CT molecular complexity index is 2300. The Labute approximate surface area is 263 Å². The molecule has 0 bridgehead atoms. The Morgan fingerprint density at radius 3 is 2.38 bits per heavy atom. The summed E-state index contributed by atoms with van der Waals surface area (Å²) in [5, 5.41) is 19.8. The van der Waals surface area contributed by atoms with Crippen LogP contribution < -0.4 is 0 Å². The van der Waals surface area contributed by atoms with Gasteiger partial charge in [0.1, 0.15) is 5.75 Å². The molecule has 0 radical (unpaired) electrons. The fourth-order valence-electron chi connectivity index (χ4n) is 6.82. The number of phenolic OH excluding ortho intramolecular Hbond substituents is 1. The number of hydrogen-bond donors (Lipinski definition) is 1. The van der Waals surface area contributed by atoms with Crippen molar-refractivity contribution in [3.63, 3.8) is 0 Å². The van der Waals surface area contributed by atoms with Gasteiger partial charge in [0.25, 0.3) is 0 Å². The summed E-state index contributed by atoms with van der Waals surface area (Å²) in [6, 6.07) is 40.8. The van der Waals surface area contributed by atoms with Crippen LogP contribution >= 0.6 is 0 Å². The van der Waals surface area contributed by atoms with Gasteiger partial charge in [0.05, 0.1) is 18.2 Å². The van der Waals surface area contributed by atoms with Gasteiger partial charge in [-0.2, -0.15) is 0 Å². The molecule has 8 rings (SSSR count). The molecular formula is C40H32N4O. The Hall–Kier alpha value is -5.55. The van der Waals surface area contributed by atoms with Crippen LogP contribution in [0.25, 0.3) is 39.4 Å². The second kappa shape index (κ2) is 10.00. The molecule has 1 aliphatic carbocycles. The van der Waals surface area contributed by atoms with Crippen LogP contribution in [0.3, 0.4) is 0 Å². The van der Waals surface area contributed by atoms with Gasteiger partial charge in [0.15, 0.2) is 11.5 Å². The average molecular weight is 586 g/mol. The maximum Gasteiger partial charge on any atom is 0.168 e. The molecule has 0 fully saturated rings. The highest BCUT2D eigenvalue weighted by molar-refractivity contribution is 5.87. The van der Waals surface area contributed by atoms with Crippen LogP contribution in [0.15, 0.2) is 134 Å². The van der Waals surface area contributed by atoms with E-state index >= 15 is 0 Å². The quantitative estimate of drug-likeness (QED) is 0.224. The molecule has 0 spiro atoms. The molecule has 4 aromatic carbocycles. The number of para-hydroxylation sites is 1. The first-order valence-corrected chi connectivity index (χ1v) is 15.2. The number of benzene rings is 4. The molecule has 1 atom stereocenters. The van der Waals surface area contributed by atoms with E-state index < -0.39 is 5.41 Å². The molecule has 5 nitrogen and oxygen atoms in total. The standard InChI is InChI=1S/C40H32N4O/c1-39(2,3)27-21-22-30-29-14-4-6-16-32(29)40(33(30)25-27,36-19-11-17-34(41-36)31-15-5-7-18-35(31)45)28-13-10-12-26(24-28)38-43-42-37-20-8-9-23-44(37)38/h4-25,45H,1-3H3/i6D. The number of pyridine rings is 2. The van der Waals surface area contributed by atoms with Crippen molar-refractivity contribution in [1.29, 1.82) is 0 Å². The fourth-order valence-corrected chi connectivity index (χ4v) is 6.82. The van der Waals surface area contributed by atoms with E-state index in [9.17, 15) is 5.11 Å². The predicted molar refractivity (Wildman–Crippen MR) is 179 cm³/mol. The highest BCUT2D eigenvalue weighted by atomic mass is 16.3. The number of phenols is 1. The molecule has 218 valence electrons. The van der Waals surface area contributed by atoms with Crippen molar-refractivity contribution in [2.75, 3.05) is 0 Å². The average Bonchev–Trinajstić information content (AvgIpc) is 3.62. The van der Waals surface area contributed by atoms with Gasteiger partial charge in [-0.3, -0.25) is 9.38 Å². The van der Waals surface area contributed by atoms with Gasteiger partial charge in [-0.05, 0) is 81.3 Å². The molecule has 0 aliphatic heterocycles. The van der Waals surface area contributed by atoms with E-state index in [0.29, 0.717) is 17.3 Å². The smallest absolute Gasteiger partial charge is 0.168 e. The van der Waals surface area contributed by atoms with Crippen LogP contribution in [-0.2, 0) is 10.8 Å². The summed E-state index contributed by atoms with van der Waals surface area (Å²) in [6.07, 6.45) is 1.98. The Morgan fingerprint density at radius 1 is 0.711 bits per heavy atom. The van der Waals surface area contributed by atoms with Crippen molar-refractivity contribution in [3.05, 3.63) is 162 Å². The molecule has 0 saturated heterocycles. The first kappa shape index (κ1) is 25.9. The fraction of sp³-hybridized carbons (Fsp3) is 0.125. The van der Waals surface area contributed by atoms with Crippen LogP contribution in [0.2, 0.25) is 0 Å². The molecule has 1 aliphatic rings. The summed E-state index contributed by atoms with van der Waals surface area (Å²) in [5.74, 6) is 0.928. The number of rotatable bonds is 4. The third-order valence-corrected chi connectivity index (χ3v) is 9.03. The second-order valence-electron chi connectivity index (χ2n) is 12.7. The monoisotopic (exact) mass is 585 g/mol. The van der Waals surface area contributed by atoms with E-state index in [2.05, 4.69) is 85.6 Å². The zero-order valence-electron chi connectivity index (χ0n) is 26.4. The van der Waals surface area contributed by atoms with E-state index in [1.54, 1.807) is 6.07 Å². The Balaban J connectivity index is 1.48. The summed E-state index contributed by atoms with van der Waals surface area (Å²) in [5.41, 5.74) is 9.46. The number of nitrogens with zero attached hydrogens (tertiary/aromatic N) is 4. The van der Waals surface area contributed by atoms with Gasteiger partial charge >= 0.3 is 0 Å². The molecule has 0 amide bonds. The van der Waals surface area contributed by atoms with Crippen LogP contribution in [0.4, 0.5) is 0 Å². The number of hydrogen-bond acceptors (Lipinski definition) is 4. The second-order valence-corrected chi connectivity index (χ2v) is 12.7. The summed E-state index contributed by atoms with van der Waals surface area (Å²) < 4.78 is 10.8. The van der Waals surface area contributed by atoms with Crippen LogP contribution in [0.5, 0.6) is 5.75 Å². The Kier molecular flexibility index (Phi) is 5.75. The summed E-state index contributed by atoms with van der Waals surface area (Å²) in [6.45, 7) is 6.69. The lowest BCUT2D eigenvalue weighted by atomic mass is 9.68. The normalized spacial score (nSPS) is 15.9. The lowest BCUT2D eigenvalue weighted by Gasteiger charge is -2.34. The molecule has 3 heterocycles. The highest BCUT2D eigenvalue weighted by Gasteiger charge is 2.48. The van der Waals surface area contributed by atoms with Crippen molar-refractivity contribution in [1.82, 2.24) is 19.6 Å². The van der Waals surface area contributed by atoms with Gasteiger partial charge in [0, 0.05) is 17.3 Å². The van der Waals surface area contributed by atoms with Crippen LogP contribution in [-0.4, -0.2) is 24.7 Å². The van der Waals surface area contributed by atoms with E-state index in [-0.39, 0.29) is 11.2 Å². The molecule has 0 saturated carbocycles. The third kappa shape index (κ3) is 4.11. The minimum atomic E-state index is -0.861. The first-order chi connectivity index (χ1) is 22.2. The van der Waals surface area contributed by atoms with Gasteiger partial charge in [-0.1, -0.05) is 106 Å². The Morgan fingerprint density at radius 2 is 1.51 bits per heavy atom.